The van der Waals surface area contributed by atoms with E-state index >= 15 is 0 Å². The minimum Gasteiger partial charge on any atom is -0.490 e. The number of alkyl carbamates (subject to hydrolysis) is 1. The van der Waals surface area contributed by atoms with Crippen molar-refractivity contribution in [2.45, 2.75) is 33.2 Å². The van der Waals surface area contributed by atoms with Crippen LogP contribution in [0, 0.1) is 0 Å². The van der Waals surface area contributed by atoms with Crippen molar-refractivity contribution in [3.63, 3.8) is 0 Å². The zero-order chi connectivity index (χ0) is 26.3. The van der Waals surface area contributed by atoms with Crippen molar-refractivity contribution >= 4 is 40.1 Å². The summed E-state index contributed by atoms with van der Waals surface area (Å²) in [5.74, 6) is -0.286. The number of nitrogens with zero attached hydrogens (tertiary/aromatic N) is 1. The quantitative estimate of drug-likeness (QED) is 0.217. The Kier molecular flexibility index (Phi) is 12.3. The number of hydrazone groups is 1. The van der Waals surface area contributed by atoms with Crippen LogP contribution in [0.15, 0.2) is 52.0 Å². The van der Waals surface area contributed by atoms with Crippen LogP contribution in [0.2, 0.25) is 0 Å². The second-order valence-electron chi connectivity index (χ2n) is 7.20. The average Bonchev–Trinajstić information content (AvgIpc) is 2.84. The van der Waals surface area contributed by atoms with Crippen molar-refractivity contribution in [1.82, 2.24) is 10.7 Å². The van der Waals surface area contributed by atoms with Crippen LogP contribution in [0.3, 0.4) is 0 Å². The Morgan fingerprint density at radius 1 is 1.00 bits per heavy atom. The van der Waals surface area contributed by atoms with Gasteiger partial charge in [0.2, 0.25) is 0 Å². The van der Waals surface area contributed by atoms with E-state index < -0.39 is 24.0 Å². The smallest absolute Gasteiger partial charge is 0.407 e. The van der Waals surface area contributed by atoms with Gasteiger partial charge in [-0.3, -0.25) is 4.79 Å². The van der Waals surface area contributed by atoms with Gasteiger partial charge in [-0.2, -0.15) is 5.10 Å². The number of amides is 2. The van der Waals surface area contributed by atoms with Crippen molar-refractivity contribution in [1.29, 1.82) is 0 Å². The first-order chi connectivity index (χ1) is 17.4. The molecule has 36 heavy (non-hydrogen) atoms. The molecule has 0 spiro atoms. The first kappa shape index (κ1) is 28.6. The van der Waals surface area contributed by atoms with Crippen LogP contribution in [-0.4, -0.2) is 56.7 Å². The molecular formula is C25H30BrN3O7. The third-order valence-electron chi connectivity index (χ3n) is 4.53. The molecule has 0 aliphatic carbocycles. The molecule has 0 aliphatic heterocycles. The molecule has 2 rings (SSSR count). The summed E-state index contributed by atoms with van der Waals surface area (Å²) in [6, 6.07) is 11.7. The number of carbonyl (C=O) groups is 3. The number of benzene rings is 2. The topological polar surface area (TPSA) is 125 Å². The highest BCUT2D eigenvalue weighted by atomic mass is 79.9. The third-order valence-corrected chi connectivity index (χ3v) is 5.12. The van der Waals surface area contributed by atoms with Gasteiger partial charge in [0, 0.05) is 6.42 Å². The molecule has 1 atom stereocenters. The Bertz CT molecular complexity index is 1050. The molecule has 2 aromatic rings. The van der Waals surface area contributed by atoms with Gasteiger partial charge in [0.15, 0.2) is 18.1 Å². The summed E-state index contributed by atoms with van der Waals surface area (Å²) >= 11 is 3.41. The SMILES string of the molecule is CCOC(=O)COc1c(Br)cc(/C=N\NC(=O)[C@@H](Cc2ccccc2)NC(=O)OCC)cc1OCC. The third kappa shape index (κ3) is 9.57. The van der Waals surface area contributed by atoms with Gasteiger partial charge in [-0.15, -0.1) is 0 Å². The lowest BCUT2D eigenvalue weighted by Gasteiger charge is -2.17. The van der Waals surface area contributed by atoms with Crippen molar-refractivity contribution in [2.75, 3.05) is 26.4 Å². The van der Waals surface area contributed by atoms with Crippen molar-refractivity contribution in [3.8, 4) is 11.5 Å². The highest BCUT2D eigenvalue weighted by Crippen LogP contribution is 2.36. The zero-order valence-electron chi connectivity index (χ0n) is 20.4. The number of halogens is 1. The van der Waals surface area contributed by atoms with E-state index in [1.165, 1.54) is 6.21 Å². The van der Waals surface area contributed by atoms with E-state index in [4.69, 9.17) is 18.9 Å². The van der Waals surface area contributed by atoms with Gasteiger partial charge in [0.1, 0.15) is 6.04 Å². The number of nitrogens with one attached hydrogen (secondary N) is 2. The number of rotatable bonds is 13. The first-order valence-corrected chi connectivity index (χ1v) is 12.2. The first-order valence-electron chi connectivity index (χ1n) is 11.4. The Morgan fingerprint density at radius 3 is 2.39 bits per heavy atom. The van der Waals surface area contributed by atoms with Crippen LogP contribution in [0.4, 0.5) is 4.79 Å². The molecule has 2 amide bonds. The van der Waals surface area contributed by atoms with Crippen molar-refractivity contribution < 1.29 is 33.3 Å². The van der Waals surface area contributed by atoms with E-state index in [-0.39, 0.29) is 26.2 Å². The normalized spacial score (nSPS) is 11.4. The molecule has 0 aliphatic rings. The molecule has 2 aromatic carbocycles. The highest BCUT2D eigenvalue weighted by molar-refractivity contribution is 9.10. The number of esters is 1. The van der Waals surface area contributed by atoms with E-state index in [2.05, 4.69) is 31.8 Å². The summed E-state index contributed by atoms with van der Waals surface area (Å²) in [6.45, 7) is 5.73. The Labute approximate surface area is 218 Å². The summed E-state index contributed by atoms with van der Waals surface area (Å²) in [7, 11) is 0. The second-order valence-corrected chi connectivity index (χ2v) is 8.05. The van der Waals surface area contributed by atoms with Gasteiger partial charge in [-0.1, -0.05) is 30.3 Å². The van der Waals surface area contributed by atoms with Gasteiger partial charge >= 0.3 is 12.1 Å². The second kappa shape index (κ2) is 15.4. The van der Waals surface area contributed by atoms with Crippen LogP contribution in [0.5, 0.6) is 11.5 Å². The Morgan fingerprint density at radius 2 is 1.72 bits per heavy atom. The molecule has 0 aromatic heterocycles. The predicted octanol–water partition coefficient (Wildman–Crippen LogP) is 3.60. The minimum absolute atomic E-state index is 0.181. The number of hydrogen-bond acceptors (Lipinski definition) is 8. The molecule has 11 heteroatoms. The molecular weight excluding hydrogens is 534 g/mol. The summed E-state index contributed by atoms with van der Waals surface area (Å²) in [5.41, 5.74) is 3.90. The van der Waals surface area contributed by atoms with E-state index in [1.807, 2.05) is 37.3 Å². The average molecular weight is 564 g/mol. The monoisotopic (exact) mass is 563 g/mol. The van der Waals surface area contributed by atoms with E-state index in [0.717, 1.165) is 5.56 Å². The maximum Gasteiger partial charge on any atom is 0.407 e. The lowest BCUT2D eigenvalue weighted by molar-refractivity contribution is -0.145. The molecule has 10 nitrogen and oxygen atoms in total. The number of hydrogen-bond donors (Lipinski definition) is 2. The maximum atomic E-state index is 12.8. The van der Waals surface area contributed by atoms with Crippen molar-refractivity contribution in [3.05, 3.63) is 58.1 Å². The molecule has 0 radical (unpaired) electrons. The van der Waals surface area contributed by atoms with Crippen LogP contribution < -0.4 is 20.2 Å². The number of ether oxygens (including phenoxy) is 4. The van der Waals surface area contributed by atoms with E-state index in [0.29, 0.717) is 28.1 Å². The van der Waals surface area contributed by atoms with Gasteiger partial charge < -0.3 is 24.3 Å². The standard InChI is InChI=1S/C25H30BrN3O7/c1-4-33-21-14-18(12-19(26)23(21)36-16-22(30)34-5-2)15-27-29-24(31)20(28-25(32)35-6-3)13-17-10-8-7-9-11-17/h7-12,14-15,20H,4-6,13,16H2,1-3H3,(H,28,32)(H,29,31)/b27-15-/t20-/m1/s1. The van der Waals surface area contributed by atoms with E-state index in [9.17, 15) is 14.4 Å². The minimum atomic E-state index is -0.895. The molecule has 0 unspecified atom stereocenters. The Balaban J connectivity index is 2.12. The fourth-order valence-electron chi connectivity index (χ4n) is 3.02. The summed E-state index contributed by atoms with van der Waals surface area (Å²) in [6.07, 6.45) is 0.985. The summed E-state index contributed by atoms with van der Waals surface area (Å²) < 4.78 is 21.5. The van der Waals surface area contributed by atoms with Gasteiger partial charge in [0.05, 0.1) is 30.5 Å². The molecule has 0 heterocycles. The number of carbonyl (C=O) groups excluding carboxylic acids is 3. The van der Waals surface area contributed by atoms with Crippen LogP contribution in [0.25, 0.3) is 0 Å². The highest BCUT2D eigenvalue weighted by Gasteiger charge is 2.22. The van der Waals surface area contributed by atoms with Crippen LogP contribution in [-0.2, 0) is 25.5 Å². The summed E-state index contributed by atoms with van der Waals surface area (Å²) in [4.78, 5) is 36.4. The van der Waals surface area contributed by atoms with Gasteiger partial charge in [-0.25, -0.2) is 15.0 Å². The van der Waals surface area contributed by atoms with E-state index in [1.54, 1.807) is 26.0 Å². The van der Waals surface area contributed by atoms with Crippen LogP contribution in [0.1, 0.15) is 31.9 Å². The van der Waals surface area contributed by atoms with Crippen LogP contribution >= 0.6 is 15.9 Å². The fraction of sp³-hybridized carbons (Fsp3) is 0.360. The molecule has 194 valence electrons. The van der Waals surface area contributed by atoms with Gasteiger partial charge in [-0.05, 0) is 60.0 Å². The fourth-order valence-corrected chi connectivity index (χ4v) is 3.60. The molecule has 0 saturated heterocycles. The van der Waals surface area contributed by atoms with Crippen molar-refractivity contribution in [2.24, 2.45) is 5.10 Å². The molecule has 0 bridgehead atoms. The lowest BCUT2D eigenvalue weighted by atomic mass is 10.1. The Hall–Kier alpha value is -3.60. The van der Waals surface area contributed by atoms with Gasteiger partial charge in [0.25, 0.3) is 5.91 Å². The molecule has 2 N–H and O–H groups in total. The lowest BCUT2D eigenvalue weighted by Crippen LogP contribution is -2.47. The molecule has 0 fully saturated rings. The largest absolute Gasteiger partial charge is 0.490 e. The summed E-state index contributed by atoms with van der Waals surface area (Å²) in [5, 5.41) is 6.58. The maximum absolute atomic E-state index is 12.8. The zero-order valence-corrected chi connectivity index (χ0v) is 22.0. The molecule has 0 saturated carbocycles. The predicted molar refractivity (Wildman–Crippen MR) is 137 cm³/mol.